The molecule has 0 saturated heterocycles. The molecule has 0 bridgehead atoms. The predicted octanol–water partition coefficient (Wildman–Crippen LogP) is 4.11. The maximum Gasteiger partial charge on any atom is 0.0334 e. The van der Waals surface area contributed by atoms with Gasteiger partial charge in [0.15, 0.2) is 0 Å². The third-order valence-corrected chi connectivity index (χ3v) is 4.19. The fourth-order valence-electron chi connectivity index (χ4n) is 1.97. The quantitative estimate of drug-likeness (QED) is 0.901. The Hall–Kier alpha value is -0.250. The fourth-order valence-corrected chi connectivity index (χ4v) is 3.22. The summed E-state index contributed by atoms with van der Waals surface area (Å²) in [5.74, 6) is 1.23. The number of rotatable bonds is 3. The second kappa shape index (κ2) is 5.89. The predicted molar refractivity (Wildman–Crippen MR) is 75.2 cm³/mol. The monoisotopic (exact) mass is 297 g/mol. The van der Waals surface area contributed by atoms with Crippen LogP contribution in [0.1, 0.15) is 24.4 Å². The third kappa shape index (κ3) is 3.12. The summed E-state index contributed by atoms with van der Waals surface area (Å²) in [6, 6.07) is 9.19. The minimum absolute atomic E-state index is 0.473. The van der Waals surface area contributed by atoms with Crippen molar-refractivity contribution in [3.8, 4) is 0 Å². The van der Waals surface area contributed by atoms with Crippen LogP contribution in [0.4, 0.5) is 0 Å². The largest absolute Gasteiger partial charge is 0.305 e. The van der Waals surface area contributed by atoms with Gasteiger partial charge >= 0.3 is 0 Å². The molecule has 1 heterocycles. The zero-order valence-corrected chi connectivity index (χ0v) is 11.6. The van der Waals surface area contributed by atoms with E-state index in [1.807, 2.05) is 11.8 Å². The van der Waals surface area contributed by atoms with Gasteiger partial charge in [0, 0.05) is 22.0 Å². The SMILES string of the molecule is C=C(Br)CNC1CCCSc2ccccc21. The Kier molecular flexibility index (Phi) is 4.50. The van der Waals surface area contributed by atoms with E-state index < -0.39 is 0 Å². The first-order chi connectivity index (χ1) is 7.77. The van der Waals surface area contributed by atoms with Crippen molar-refractivity contribution in [2.45, 2.75) is 23.8 Å². The molecule has 1 N–H and O–H groups in total. The van der Waals surface area contributed by atoms with Crippen LogP contribution < -0.4 is 5.32 Å². The minimum Gasteiger partial charge on any atom is -0.305 e. The van der Waals surface area contributed by atoms with Crippen LogP contribution in [-0.2, 0) is 0 Å². The van der Waals surface area contributed by atoms with Crippen LogP contribution in [0.25, 0.3) is 0 Å². The van der Waals surface area contributed by atoms with Gasteiger partial charge in [-0.25, -0.2) is 0 Å². The van der Waals surface area contributed by atoms with E-state index in [0.717, 1.165) is 11.0 Å². The second-order valence-corrected chi connectivity index (χ2v) is 6.24. The van der Waals surface area contributed by atoms with Crippen LogP contribution in [0.5, 0.6) is 0 Å². The number of halogens is 1. The Bertz CT molecular complexity index is 378. The molecule has 1 aromatic carbocycles. The number of hydrogen-bond donors (Lipinski definition) is 1. The van der Waals surface area contributed by atoms with Crippen molar-refractivity contribution in [2.24, 2.45) is 0 Å². The minimum atomic E-state index is 0.473. The lowest BCUT2D eigenvalue weighted by Gasteiger charge is -2.18. The lowest BCUT2D eigenvalue weighted by Crippen LogP contribution is -2.22. The zero-order chi connectivity index (χ0) is 11.4. The van der Waals surface area contributed by atoms with Crippen molar-refractivity contribution in [2.75, 3.05) is 12.3 Å². The highest BCUT2D eigenvalue weighted by Crippen LogP contribution is 2.34. The molecule has 1 aliphatic rings. The molecule has 16 heavy (non-hydrogen) atoms. The number of nitrogens with one attached hydrogen (secondary N) is 1. The van der Waals surface area contributed by atoms with E-state index in [-0.39, 0.29) is 0 Å². The van der Waals surface area contributed by atoms with Crippen LogP contribution in [0.2, 0.25) is 0 Å². The molecule has 1 aliphatic heterocycles. The lowest BCUT2D eigenvalue weighted by molar-refractivity contribution is 0.519. The highest BCUT2D eigenvalue weighted by molar-refractivity contribution is 9.11. The standard InChI is InChI=1S/C13H16BrNS/c1-10(14)9-15-12-6-4-8-16-13-7-3-2-5-11(12)13/h2-3,5,7,12,15H,1,4,6,8-9H2. The highest BCUT2D eigenvalue weighted by Gasteiger charge is 2.17. The second-order valence-electron chi connectivity index (χ2n) is 3.98. The maximum atomic E-state index is 3.87. The number of benzene rings is 1. The summed E-state index contributed by atoms with van der Waals surface area (Å²) in [6.07, 6.45) is 2.48. The Morgan fingerprint density at radius 3 is 3.12 bits per heavy atom. The van der Waals surface area contributed by atoms with Gasteiger partial charge in [-0.1, -0.05) is 40.7 Å². The van der Waals surface area contributed by atoms with Gasteiger partial charge in [0.25, 0.3) is 0 Å². The first-order valence-electron chi connectivity index (χ1n) is 5.56. The van der Waals surface area contributed by atoms with E-state index in [1.165, 1.54) is 29.1 Å². The molecule has 0 radical (unpaired) electrons. The molecular weight excluding hydrogens is 282 g/mol. The van der Waals surface area contributed by atoms with E-state index in [1.54, 1.807) is 0 Å². The molecule has 0 aliphatic carbocycles. The summed E-state index contributed by atoms with van der Waals surface area (Å²) in [5, 5.41) is 3.56. The fraction of sp³-hybridized carbons (Fsp3) is 0.385. The highest BCUT2D eigenvalue weighted by atomic mass is 79.9. The van der Waals surface area contributed by atoms with Gasteiger partial charge in [-0.05, 0) is 30.2 Å². The summed E-state index contributed by atoms with van der Waals surface area (Å²) in [6.45, 7) is 4.70. The summed E-state index contributed by atoms with van der Waals surface area (Å²) in [5.41, 5.74) is 1.44. The summed E-state index contributed by atoms with van der Waals surface area (Å²) < 4.78 is 1.02. The molecular formula is C13H16BrNS. The molecule has 1 unspecified atom stereocenters. The number of thioether (sulfide) groups is 1. The van der Waals surface area contributed by atoms with Crippen LogP contribution in [0.15, 0.2) is 40.2 Å². The molecule has 1 aromatic rings. The first kappa shape index (κ1) is 12.2. The zero-order valence-electron chi connectivity index (χ0n) is 9.21. The summed E-state index contributed by atoms with van der Waals surface area (Å²) in [7, 11) is 0. The third-order valence-electron chi connectivity index (χ3n) is 2.73. The van der Waals surface area contributed by atoms with Gasteiger partial charge in [-0.15, -0.1) is 11.8 Å². The Morgan fingerprint density at radius 2 is 2.31 bits per heavy atom. The van der Waals surface area contributed by atoms with E-state index in [0.29, 0.717) is 6.04 Å². The Balaban J connectivity index is 2.15. The van der Waals surface area contributed by atoms with Gasteiger partial charge in [0.2, 0.25) is 0 Å². The smallest absolute Gasteiger partial charge is 0.0334 e. The van der Waals surface area contributed by atoms with Crippen LogP contribution >= 0.6 is 27.7 Å². The Labute approximate surface area is 110 Å². The van der Waals surface area contributed by atoms with Crippen molar-refractivity contribution in [3.05, 3.63) is 40.9 Å². The van der Waals surface area contributed by atoms with Gasteiger partial charge < -0.3 is 5.32 Å². The van der Waals surface area contributed by atoms with E-state index in [2.05, 4.69) is 52.1 Å². The van der Waals surface area contributed by atoms with Gasteiger partial charge in [-0.3, -0.25) is 0 Å². The van der Waals surface area contributed by atoms with Crippen molar-refractivity contribution < 1.29 is 0 Å². The molecule has 3 heteroatoms. The molecule has 1 nitrogen and oxygen atoms in total. The molecule has 0 amide bonds. The number of fused-ring (bicyclic) bond motifs is 1. The van der Waals surface area contributed by atoms with Gasteiger partial charge in [0.1, 0.15) is 0 Å². The van der Waals surface area contributed by atoms with Crippen LogP contribution in [0.3, 0.4) is 0 Å². The van der Waals surface area contributed by atoms with E-state index in [4.69, 9.17) is 0 Å². The molecule has 0 spiro atoms. The van der Waals surface area contributed by atoms with Crippen molar-refractivity contribution in [1.82, 2.24) is 5.32 Å². The molecule has 0 fully saturated rings. The Morgan fingerprint density at radius 1 is 1.50 bits per heavy atom. The maximum absolute atomic E-state index is 3.87. The molecule has 0 saturated carbocycles. The van der Waals surface area contributed by atoms with Gasteiger partial charge in [-0.2, -0.15) is 0 Å². The van der Waals surface area contributed by atoms with Crippen molar-refractivity contribution in [1.29, 1.82) is 0 Å². The topological polar surface area (TPSA) is 12.0 Å². The number of hydrogen-bond acceptors (Lipinski definition) is 2. The van der Waals surface area contributed by atoms with Crippen molar-refractivity contribution >= 4 is 27.7 Å². The lowest BCUT2D eigenvalue weighted by atomic mass is 10.0. The van der Waals surface area contributed by atoms with Crippen molar-refractivity contribution in [3.63, 3.8) is 0 Å². The summed E-state index contributed by atoms with van der Waals surface area (Å²) >= 11 is 5.37. The van der Waals surface area contributed by atoms with Crippen LogP contribution in [0, 0.1) is 0 Å². The normalized spacial score (nSPS) is 19.9. The van der Waals surface area contributed by atoms with E-state index >= 15 is 0 Å². The molecule has 1 atom stereocenters. The van der Waals surface area contributed by atoms with Crippen LogP contribution in [-0.4, -0.2) is 12.3 Å². The molecule has 2 rings (SSSR count). The molecule has 86 valence electrons. The van der Waals surface area contributed by atoms with Gasteiger partial charge in [0.05, 0.1) is 0 Å². The average molecular weight is 298 g/mol. The first-order valence-corrected chi connectivity index (χ1v) is 7.33. The van der Waals surface area contributed by atoms with E-state index in [9.17, 15) is 0 Å². The molecule has 0 aromatic heterocycles. The average Bonchev–Trinajstić information content (AvgIpc) is 2.48. The summed E-state index contributed by atoms with van der Waals surface area (Å²) in [4.78, 5) is 1.43.